The Morgan fingerprint density at radius 3 is 2.69 bits per heavy atom. The Hall–Kier alpha value is -1.59. The number of hydrogen-bond acceptors (Lipinski definition) is 5. The SMILES string of the molecule is CNC[C@H](CC1CCCCC1)NC(=O)N1CCC[C@@H]([C@@H](OCCOC(N)=O)c2cccc(I)c2)C1. The van der Waals surface area contributed by atoms with Crippen molar-refractivity contribution in [3.63, 3.8) is 0 Å². The van der Waals surface area contributed by atoms with E-state index in [1.165, 1.54) is 32.1 Å². The minimum absolute atomic E-state index is 0.0178. The number of piperidine rings is 1. The van der Waals surface area contributed by atoms with Crippen LogP contribution in [-0.4, -0.2) is 63.0 Å². The first-order valence-electron chi connectivity index (χ1n) is 13.0. The minimum Gasteiger partial charge on any atom is -0.447 e. The number of amides is 3. The van der Waals surface area contributed by atoms with Gasteiger partial charge in [0.25, 0.3) is 0 Å². The number of likely N-dealkylation sites (N-methyl/N-ethyl adjacent to an activating group) is 1. The van der Waals surface area contributed by atoms with Crippen LogP contribution >= 0.6 is 22.6 Å². The number of likely N-dealkylation sites (tertiary alicyclic amines) is 1. The average Bonchev–Trinajstić information content (AvgIpc) is 2.84. The summed E-state index contributed by atoms with van der Waals surface area (Å²) in [6.45, 7) is 2.54. The van der Waals surface area contributed by atoms with E-state index in [1.54, 1.807) is 0 Å². The van der Waals surface area contributed by atoms with Crippen LogP contribution in [0.1, 0.15) is 63.0 Å². The van der Waals surface area contributed by atoms with Gasteiger partial charge in [-0.3, -0.25) is 0 Å². The number of carbonyl (C=O) groups excluding carboxylic acids is 2. The van der Waals surface area contributed by atoms with E-state index < -0.39 is 6.09 Å². The molecule has 3 rings (SSSR count). The summed E-state index contributed by atoms with van der Waals surface area (Å²) < 4.78 is 12.2. The molecule has 3 amide bonds. The molecule has 0 spiro atoms. The molecule has 196 valence electrons. The zero-order valence-electron chi connectivity index (χ0n) is 20.8. The van der Waals surface area contributed by atoms with E-state index >= 15 is 0 Å². The lowest BCUT2D eigenvalue weighted by atomic mass is 9.85. The van der Waals surface area contributed by atoms with Crippen LogP contribution in [0.15, 0.2) is 24.3 Å². The van der Waals surface area contributed by atoms with Crippen molar-refractivity contribution in [3.05, 3.63) is 33.4 Å². The lowest BCUT2D eigenvalue weighted by Gasteiger charge is -2.38. The summed E-state index contributed by atoms with van der Waals surface area (Å²) in [6.07, 6.45) is 8.46. The van der Waals surface area contributed by atoms with Crippen LogP contribution in [0.4, 0.5) is 9.59 Å². The van der Waals surface area contributed by atoms with Gasteiger partial charge in [-0.1, -0.05) is 44.2 Å². The summed E-state index contributed by atoms with van der Waals surface area (Å²) in [6, 6.07) is 8.41. The third-order valence-corrected chi connectivity index (χ3v) is 7.77. The Morgan fingerprint density at radius 1 is 1.17 bits per heavy atom. The van der Waals surface area contributed by atoms with Crippen molar-refractivity contribution in [3.8, 4) is 0 Å². The Morgan fingerprint density at radius 2 is 1.97 bits per heavy atom. The molecule has 9 heteroatoms. The van der Waals surface area contributed by atoms with E-state index in [2.05, 4.69) is 45.4 Å². The molecule has 1 saturated carbocycles. The number of primary amides is 1. The van der Waals surface area contributed by atoms with E-state index in [0.717, 1.165) is 41.5 Å². The number of nitrogens with one attached hydrogen (secondary N) is 2. The highest BCUT2D eigenvalue weighted by molar-refractivity contribution is 14.1. The fraction of sp³-hybridized carbons (Fsp3) is 0.692. The number of nitrogens with two attached hydrogens (primary N) is 1. The van der Waals surface area contributed by atoms with Crippen molar-refractivity contribution in [2.75, 3.05) is 39.9 Å². The first kappa shape index (κ1) is 28.0. The summed E-state index contributed by atoms with van der Waals surface area (Å²) in [5, 5.41) is 6.58. The van der Waals surface area contributed by atoms with Gasteiger partial charge < -0.3 is 30.7 Å². The number of rotatable bonds is 11. The zero-order chi connectivity index (χ0) is 25.0. The number of ether oxygens (including phenoxy) is 2. The molecule has 2 fully saturated rings. The van der Waals surface area contributed by atoms with E-state index in [9.17, 15) is 9.59 Å². The molecule has 35 heavy (non-hydrogen) atoms. The minimum atomic E-state index is -0.802. The first-order chi connectivity index (χ1) is 17.0. The maximum atomic E-state index is 13.3. The summed E-state index contributed by atoms with van der Waals surface area (Å²) >= 11 is 2.30. The molecule has 0 unspecified atom stereocenters. The Balaban J connectivity index is 1.62. The highest BCUT2D eigenvalue weighted by Crippen LogP contribution is 2.34. The standard InChI is InChI=1S/C26H41IN4O4/c1-29-17-23(15-19-7-3-2-4-8-19)30-26(33)31-12-6-10-21(18-31)24(34-13-14-35-25(28)32)20-9-5-11-22(27)16-20/h5,9,11,16,19,21,23-24,29H,2-4,6-8,10,12-15,17-18H2,1H3,(H2,28,32)(H,30,33)/t21-,23+,24+/m1/s1. The maximum absolute atomic E-state index is 13.3. The highest BCUT2D eigenvalue weighted by atomic mass is 127. The molecule has 1 aliphatic carbocycles. The van der Waals surface area contributed by atoms with Gasteiger partial charge >= 0.3 is 12.1 Å². The van der Waals surface area contributed by atoms with Gasteiger partial charge in [0.1, 0.15) is 6.61 Å². The fourth-order valence-electron chi connectivity index (χ4n) is 5.48. The predicted octanol–water partition coefficient (Wildman–Crippen LogP) is 4.42. The highest BCUT2D eigenvalue weighted by Gasteiger charge is 2.32. The third kappa shape index (κ3) is 9.42. The normalized spacial score (nSPS) is 20.7. The van der Waals surface area contributed by atoms with Crippen LogP contribution in [0.5, 0.6) is 0 Å². The van der Waals surface area contributed by atoms with Crippen LogP contribution in [0.3, 0.4) is 0 Å². The van der Waals surface area contributed by atoms with Gasteiger partial charge in [0.05, 0.1) is 12.7 Å². The molecule has 1 aromatic rings. The fourth-order valence-corrected chi connectivity index (χ4v) is 6.04. The molecule has 0 radical (unpaired) electrons. The van der Waals surface area contributed by atoms with Crippen molar-refractivity contribution in [1.29, 1.82) is 0 Å². The zero-order valence-corrected chi connectivity index (χ0v) is 23.0. The summed E-state index contributed by atoms with van der Waals surface area (Å²) in [5.41, 5.74) is 6.16. The van der Waals surface area contributed by atoms with Crippen LogP contribution in [-0.2, 0) is 9.47 Å². The Labute approximate surface area is 223 Å². The topological polar surface area (TPSA) is 106 Å². The molecule has 1 saturated heterocycles. The van der Waals surface area contributed by atoms with Crippen molar-refractivity contribution in [1.82, 2.24) is 15.5 Å². The lowest BCUT2D eigenvalue weighted by Crippen LogP contribution is -2.52. The number of benzene rings is 1. The van der Waals surface area contributed by atoms with Crippen LogP contribution in [0.25, 0.3) is 0 Å². The molecule has 8 nitrogen and oxygen atoms in total. The third-order valence-electron chi connectivity index (χ3n) is 7.10. The van der Waals surface area contributed by atoms with Gasteiger partial charge in [-0.05, 0) is 72.5 Å². The first-order valence-corrected chi connectivity index (χ1v) is 14.0. The van der Waals surface area contributed by atoms with E-state index in [1.807, 2.05) is 24.1 Å². The molecule has 1 heterocycles. The summed E-state index contributed by atoms with van der Waals surface area (Å²) in [7, 11) is 1.95. The van der Waals surface area contributed by atoms with Crippen LogP contribution in [0.2, 0.25) is 0 Å². The van der Waals surface area contributed by atoms with Crippen molar-refractivity contribution < 1.29 is 19.1 Å². The number of carbonyl (C=O) groups is 2. The Bertz CT molecular complexity index is 805. The van der Waals surface area contributed by atoms with E-state index in [4.69, 9.17) is 15.2 Å². The van der Waals surface area contributed by atoms with E-state index in [-0.39, 0.29) is 37.3 Å². The van der Waals surface area contributed by atoms with Gasteiger partial charge in [-0.2, -0.15) is 0 Å². The molecular formula is C26H41IN4O4. The van der Waals surface area contributed by atoms with Crippen LogP contribution in [0, 0.1) is 15.4 Å². The monoisotopic (exact) mass is 600 g/mol. The molecule has 4 N–H and O–H groups in total. The van der Waals surface area contributed by atoms with Crippen molar-refractivity contribution >= 4 is 34.7 Å². The lowest BCUT2D eigenvalue weighted by molar-refractivity contribution is -0.0258. The average molecular weight is 601 g/mol. The van der Waals surface area contributed by atoms with Crippen molar-refractivity contribution in [2.24, 2.45) is 17.6 Å². The molecule has 2 aliphatic rings. The van der Waals surface area contributed by atoms with Gasteiger partial charge in [0, 0.05) is 35.2 Å². The van der Waals surface area contributed by atoms with Crippen LogP contribution < -0.4 is 16.4 Å². The number of nitrogens with zero attached hydrogens (tertiary/aromatic N) is 1. The molecule has 0 bridgehead atoms. The van der Waals surface area contributed by atoms with E-state index in [0.29, 0.717) is 12.5 Å². The molecular weight excluding hydrogens is 559 g/mol. The quantitative estimate of drug-likeness (QED) is 0.258. The van der Waals surface area contributed by atoms with Gasteiger partial charge in [0.15, 0.2) is 0 Å². The van der Waals surface area contributed by atoms with Gasteiger partial charge in [-0.15, -0.1) is 0 Å². The number of urea groups is 1. The molecule has 3 atom stereocenters. The van der Waals surface area contributed by atoms with Gasteiger partial charge in [-0.25, -0.2) is 9.59 Å². The predicted molar refractivity (Wildman–Crippen MR) is 145 cm³/mol. The van der Waals surface area contributed by atoms with Gasteiger partial charge in [0.2, 0.25) is 0 Å². The molecule has 0 aromatic heterocycles. The Kier molecular flexibility index (Phi) is 11.9. The second kappa shape index (κ2) is 14.8. The molecule has 1 aliphatic heterocycles. The number of halogens is 1. The second-order valence-electron chi connectivity index (χ2n) is 9.81. The second-order valence-corrected chi connectivity index (χ2v) is 11.1. The summed E-state index contributed by atoms with van der Waals surface area (Å²) in [4.78, 5) is 26.2. The maximum Gasteiger partial charge on any atom is 0.404 e. The largest absolute Gasteiger partial charge is 0.447 e. The smallest absolute Gasteiger partial charge is 0.404 e. The summed E-state index contributed by atoms with van der Waals surface area (Å²) in [5.74, 6) is 0.861. The van der Waals surface area contributed by atoms with Crippen molar-refractivity contribution in [2.45, 2.75) is 63.5 Å². The number of hydrogen-bond donors (Lipinski definition) is 3. The molecule has 1 aromatic carbocycles.